The molecule has 1 N–H and O–H groups in total. The normalized spacial score (nSPS) is 10.9. The third kappa shape index (κ3) is 3.98. The Labute approximate surface area is 174 Å². The molecule has 2 aromatic heterocycles. The highest BCUT2D eigenvalue weighted by Gasteiger charge is 2.16. The van der Waals surface area contributed by atoms with Crippen LogP contribution in [0.2, 0.25) is 5.02 Å². The van der Waals surface area contributed by atoms with Crippen LogP contribution in [0, 0.1) is 6.92 Å². The fourth-order valence-electron chi connectivity index (χ4n) is 3.19. The summed E-state index contributed by atoms with van der Waals surface area (Å²) in [6.07, 6.45) is 2.69. The van der Waals surface area contributed by atoms with Crippen molar-refractivity contribution in [3.8, 4) is 11.3 Å². The van der Waals surface area contributed by atoms with Gasteiger partial charge in [-0.05, 0) is 42.7 Å². The molecule has 0 unspecified atom stereocenters. The number of amides is 1. The largest absolute Gasteiger partial charge is 0.307 e. The highest BCUT2D eigenvalue weighted by atomic mass is 35.5. The Kier molecular flexibility index (Phi) is 5.28. The maximum atomic E-state index is 13.1. The number of para-hydroxylation sites is 1. The monoisotopic (exact) mass is 401 g/mol. The van der Waals surface area contributed by atoms with E-state index in [9.17, 15) is 4.79 Å². The van der Waals surface area contributed by atoms with Crippen LogP contribution in [0.3, 0.4) is 0 Å². The van der Waals surface area contributed by atoms with E-state index in [1.54, 1.807) is 18.3 Å². The van der Waals surface area contributed by atoms with Gasteiger partial charge < -0.3 is 5.32 Å². The molecular weight excluding hydrogens is 382 g/mol. The van der Waals surface area contributed by atoms with Gasteiger partial charge in [-0.25, -0.2) is 9.97 Å². The molecule has 0 radical (unpaired) electrons. The van der Waals surface area contributed by atoms with Crippen molar-refractivity contribution in [1.29, 1.82) is 0 Å². The van der Waals surface area contributed by atoms with Crippen LogP contribution in [0.25, 0.3) is 22.2 Å². The number of fused-ring (bicyclic) bond motifs is 1. The Balaban J connectivity index is 1.81. The van der Waals surface area contributed by atoms with E-state index in [0.29, 0.717) is 33.0 Å². The molecule has 1 amide bonds. The molecule has 4 rings (SSSR count). The van der Waals surface area contributed by atoms with Crippen molar-refractivity contribution in [3.05, 3.63) is 88.6 Å². The van der Waals surface area contributed by atoms with E-state index in [2.05, 4.69) is 29.4 Å². The van der Waals surface area contributed by atoms with Crippen molar-refractivity contribution in [2.45, 2.75) is 20.3 Å². The molecule has 0 aliphatic carbocycles. The second-order valence-electron chi connectivity index (χ2n) is 6.92. The number of hydrogen-bond acceptors (Lipinski definition) is 3. The number of rotatable bonds is 4. The van der Waals surface area contributed by atoms with E-state index in [-0.39, 0.29) is 5.91 Å². The van der Waals surface area contributed by atoms with Gasteiger partial charge >= 0.3 is 0 Å². The predicted molar refractivity (Wildman–Crippen MR) is 118 cm³/mol. The van der Waals surface area contributed by atoms with Crippen LogP contribution in [-0.2, 0) is 6.42 Å². The first-order valence-corrected chi connectivity index (χ1v) is 9.85. The maximum Gasteiger partial charge on any atom is 0.257 e. The Morgan fingerprint density at radius 2 is 1.86 bits per heavy atom. The Bertz CT molecular complexity index is 1190. The van der Waals surface area contributed by atoms with Crippen LogP contribution in [-0.4, -0.2) is 15.9 Å². The highest BCUT2D eigenvalue weighted by molar-refractivity contribution is 6.35. The first-order valence-electron chi connectivity index (χ1n) is 9.47. The number of anilines is 1. The molecule has 2 aromatic carbocycles. The molecule has 0 saturated heterocycles. The summed E-state index contributed by atoms with van der Waals surface area (Å²) in [7, 11) is 0. The highest BCUT2D eigenvalue weighted by Crippen LogP contribution is 2.29. The van der Waals surface area contributed by atoms with Crippen LogP contribution < -0.4 is 5.32 Å². The third-order valence-electron chi connectivity index (χ3n) is 4.85. The number of aryl methyl sites for hydroxylation is 2. The van der Waals surface area contributed by atoms with Crippen LogP contribution in [0.1, 0.15) is 28.4 Å². The number of pyridine rings is 2. The topological polar surface area (TPSA) is 54.9 Å². The second kappa shape index (κ2) is 8.02. The zero-order valence-corrected chi connectivity index (χ0v) is 17.0. The van der Waals surface area contributed by atoms with E-state index in [1.807, 2.05) is 43.3 Å². The average molecular weight is 402 g/mol. The standard InChI is InChI=1S/C24H20ClN3O/c1-3-16-8-10-17(11-9-16)21-13-19(18-5-4-6-20(25)23(18)27-21)24(29)28-22-12-7-15(2)14-26-22/h4-14H,3H2,1-2H3,(H,26,28,29). The van der Waals surface area contributed by atoms with Crippen LogP contribution in [0.5, 0.6) is 0 Å². The minimum atomic E-state index is -0.248. The van der Waals surface area contributed by atoms with Crippen LogP contribution >= 0.6 is 11.6 Å². The molecule has 0 aliphatic heterocycles. The summed E-state index contributed by atoms with van der Waals surface area (Å²) in [5, 5.41) is 4.09. The zero-order valence-electron chi connectivity index (χ0n) is 16.2. The number of nitrogens with one attached hydrogen (secondary N) is 1. The van der Waals surface area contributed by atoms with Gasteiger partial charge in [0.1, 0.15) is 5.82 Å². The molecule has 0 spiro atoms. The first kappa shape index (κ1) is 19.1. The van der Waals surface area contributed by atoms with Crippen molar-refractivity contribution in [2.24, 2.45) is 0 Å². The van der Waals surface area contributed by atoms with Gasteiger partial charge in [-0.3, -0.25) is 4.79 Å². The van der Waals surface area contributed by atoms with Gasteiger partial charge in [0.25, 0.3) is 5.91 Å². The molecule has 4 nitrogen and oxygen atoms in total. The van der Waals surface area contributed by atoms with Crippen molar-refractivity contribution < 1.29 is 4.79 Å². The van der Waals surface area contributed by atoms with Crippen LogP contribution in [0.4, 0.5) is 5.82 Å². The van der Waals surface area contributed by atoms with Gasteiger partial charge in [-0.2, -0.15) is 0 Å². The van der Waals surface area contributed by atoms with Crippen molar-refractivity contribution >= 4 is 34.2 Å². The lowest BCUT2D eigenvalue weighted by molar-refractivity contribution is 0.102. The summed E-state index contributed by atoms with van der Waals surface area (Å²) >= 11 is 6.41. The Hall–Kier alpha value is -3.24. The molecular formula is C24H20ClN3O. The average Bonchev–Trinajstić information content (AvgIpc) is 2.75. The fraction of sp³-hybridized carbons (Fsp3) is 0.125. The van der Waals surface area contributed by atoms with Crippen molar-refractivity contribution in [3.63, 3.8) is 0 Å². The second-order valence-corrected chi connectivity index (χ2v) is 7.32. The molecule has 0 atom stereocenters. The molecule has 144 valence electrons. The lowest BCUT2D eigenvalue weighted by Gasteiger charge is -2.11. The van der Waals surface area contributed by atoms with E-state index >= 15 is 0 Å². The molecule has 5 heteroatoms. The zero-order chi connectivity index (χ0) is 20.4. The number of carbonyl (C=O) groups excluding carboxylic acids is 1. The first-order chi connectivity index (χ1) is 14.0. The molecule has 0 saturated carbocycles. The summed E-state index contributed by atoms with van der Waals surface area (Å²) in [5.41, 5.74) is 5.03. The molecule has 0 bridgehead atoms. The van der Waals surface area contributed by atoms with Gasteiger partial charge in [-0.15, -0.1) is 0 Å². The fourth-order valence-corrected chi connectivity index (χ4v) is 3.40. The number of nitrogens with zero attached hydrogens (tertiary/aromatic N) is 2. The lowest BCUT2D eigenvalue weighted by atomic mass is 10.0. The number of aromatic nitrogens is 2. The van der Waals surface area contributed by atoms with Gasteiger partial charge in [-0.1, -0.05) is 61.0 Å². The van der Waals surface area contributed by atoms with Gasteiger partial charge in [0.15, 0.2) is 0 Å². The minimum absolute atomic E-state index is 0.248. The predicted octanol–water partition coefficient (Wildman–Crippen LogP) is 6.07. The molecule has 0 fully saturated rings. The van der Waals surface area contributed by atoms with Gasteiger partial charge in [0.2, 0.25) is 0 Å². The van der Waals surface area contributed by atoms with E-state index in [1.165, 1.54) is 5.56 Å². The van der Waals surface area contributed by atoms with Gasteiger partial charge in [0, 0.05) is 17.1 Å². The van der Waals surface area contributed by atoms with Crippen molar-refractivity contribution in [1.82, 2.24) is 9.97 Å². The summed E-state index contributed by atoms with van der Waals surface area (Å²) in [6, 6.07) is 19.2. The van der Waals surface area contributed by atoms with Gasteiger partial charge in [0.05, 0.1) is 21.8 Å². The van der Waals surface area contributed by atoms with E-state index in [4.69, 9.17) is 16.6 Å². The van der Waals surface area contributed by atoms with Crippen molar-refractivity contribution in [2.75, 3.05) is 5.32 Å². The summed E-state index contributed by atoms with van der Waals surface area (Å²) in [4.78, 5) is 22.1. The SMILES string of the molecule is CCc1ccc(-c2cc(C(=O)Nc3ccc(C)cn3)c3cccc(Cl)c3n2)cc1. The number of benzene rings is 2. The molecule has 4 aromatic rings. The number of halogens is 1. The number of hydrogen-bond donors (Lipinski definition) is 1. The molecule has 29 heavy (non-hydrogen) atoms. The summed E-state index contributed by atoms with van der Waals surface area (Å²) in [6.45, 7) is 4.07. The minimum Gasteiger partial charge on any atom is -0.307 e. The smallest absolute Gasteiger partial charge is 0.257 e. The van der Waals surface area contributed by atoms with E-state index in [0.717, 1.165) is 17.5 Å². The molecule has 0 aliphatic rings. The maximum absolute atomic E-state index is 13.1. The quantitative estimate of drug-likeness (QED) is 0.451. The van der Waals surface area contributed by atoms with E-state index < -0.39 is 0 Å². The number of carbonyl (C=O) groups is 1. The lowest BCUT2D eigenvalue weighted by Crippen LogP contribution is -2.14. The summed E-state index contributed by atoms with van der Waals surface area (Å²) in [5.74, 6) is 0.254. The summed E-state index contributed by atoms with van der Waals surface area (Å²) < 4.78 is 0. The third-order valence-corrected chi connectivity index (χ3v) is 5.15. The molecule has 2 heterocycles. The Morgan fingerprint density at radius 1 is 1.07 bits per heavy atom. The van der Waals surface area contributed by atoms with Crippen LogP contribution in [0.15, 0.2) is 66.9 Å². The Morgan fingerprint density at radius 3 is 2.55 bits per heavy atom.